The summed E-state index contributed by atoms with van der Waals surface area (Å²) >= 11 is 0. The first-order valence-corrected chi connectivity index (χ1v) is 26.3. The summed E-state index contributed by atoms with van der Waals surface area (Å²) in [7, 11) is -5.07. The van der Waals surface area contributed by atoms with Crippen molar-refractivity contribution in [2.24, 2.45) is 0 Å². The van der Waals surface area contributed by atoms with Gasteiger partial charge < -0.3 is 9.53 Å². The number of hydrogen-bond acceptors (Lipinski definition) is 2. The topological polar surface area (TPSA) is 26.3 Å². The number of carbonyl (C=O) groups excluding carboxylic acids is 1. The van der Waals surface area contributed by atoms with Crippen LogP contribution in [0.25, 0.3) is 0 Å². The number of benzene rings is 1. The van der Waals surface area contributed by atoms with Crippen molar-refractivity contribution in [3.63, 3.8) is 0 Å². The molecule has 0 spiro atoms. The van der Waals surface area contributed by atoms with E-state index in [2.05, 4.69) is 65.0 Å². The molecule has 6 heteroatoms. The fraction of sp³-hybridized carbons (Fsp3) is 0.522. The van der Waals surface area contributed by atoms with Crippen molar-refractivity contribution in [1.29, 1.82) is 0 Å². The number of allylic oxidation sites excluding steroid dienone is 3. The predicted molar refractivity (Wildman–Crippen MR) is 141 cm³/mol. The van der Waals surface area contributed by atoms with Crippen molar-refractivity contribution in [3.05, 3.63) is 54.1 Å². The Morgan fingerprint density at radius 2 is 1.38 bits per heavy atom. The minimum atomic E-state index is -2.17. The van der Waals surface area contributed by atoms with E-state index in [4.69, 9.17) is 4.74 Å². The zero-order valence-corrected chi connectivity index (χ0v) is 24.3. The van der Waals surface area contributed by atoms with Crippen LogP contribution in [0.5, 0.6) is 5.75 Å². The van der Waals surface area contributed by atoms with Crippen molar-refractivity contribution >= 4 is 34.8 Å². The van der Waals surface area contributed by atoms with E-state index in [1.807, 2.05) is 49.4 Å². The highest BCUT2D eigenvalue weighted by molar-refractivity contribution is 7.97. The smallest absolute Gasteiger partial charge is 0.136 e. The van der Waals surface area contributed by atoms with Gasteiger partial charge in [-0.1, -0.05) is 95.4 Å². The normalized spacial score (nSPS) is 14.0. The average molecular weight is 463 g/mol. The van der Waals surface area contributed by atoms with Gasteiger partial charge in [-0.25, -0.2) is 0 Å². The molecule has 0 aliphatic rings. The van der Waals surface area contributed by atoms with Crippen LogP contribution in [0.2, 0.25) is 58.9 Å². The summed E-state index contributed by atoms with van der Waals surface area (Å²) in [6.45, 7) is 22.6. The minimum absolute atomic E-state index is 0.495. The van der Waals surface area contributed by atoms with E-state index in [9.17, 15) is 4.79 Å². The molecule has 162 valence electrons. The van der Waals surface area contributed by atoms with Crippen LogP contribution in [0.3, 0.4) is 0 Å². The second-order valence-electron chi connectivity index (χ2n) is 10.9. The molecule has 0 aromatic heterocycles. The molecule has 0 radical (unpaired) electrons. The third kappa shape index (κ3) is 5.60. The van der Waals surface area contributed by atoms with Gasteiger partial charge in [-0.15, -0.1) is 0 Å². The van der Waals surface area contributed by atoms with Crippen LogP contribution in [-0.4, -0.2) is 41.4 Å². The standard InChI is InChI=1S/C23H42O2Si4/c1-11-12-13-14-17-20-25-22-19-16-15-18-21(22)23(24)29(26(2,3)4,27(5,6)7)28(8,9)10/h11-16,18-19H,17,20H2,1-10H3/b12-11+,14-13+. The van der Waals surface area contributed by atoms with E-state index in [1.54, 1.807) is 0 Å². The first-order valence-electron chi connectivity index (χ1n) is 10.8. The second-order valence-corrected chi connectivity index (χ2v) is 51.1. The van der Waals surface area contributed by atoms with Crippen LogP contribution < -0.4 is 4.74 Å². The lowest BCUT2D eigenvalue weighted by atomic mass is 10.2. The number of ether oxygens (including phenoxy) is 1. The molecular weight excluding hydrogens is 421 g/mol. The van der Waals surface area contributed by atoms with Gasteiger partial charge in [0.25, 0.3) is 0 Å². The van der Waals surface area contributed by atoms with Crippen LogP contribution in [-0.2, 0) is 0 Å². The molecule has 2 nitrogen and oxygen atoms in total. The van der Waals surface area contributed by atoms with E-state index in [-0.39, 0.29) is 0 Å². The molecule has 1 aromatic carbocycles. The maximum atomic E-state index is 14.5. The summed E-state index contributed by atoms with van der Waals surface area (Å²) in [6.07, 6.45) is 9.02. The number of hydrogen-bond donors (Lipinski definition) is 0. The summed E-state index contributed by atoms with van der Waals surface area (Å²) in [6, 6.07) is 8.00. The molecule has 1 aromatic rings. The molecule has 0 amide bonds. The lowest BCUT2D eigenvalue weighted by Crippen LogP contribution is -2.86. The number of para-hydroxylation sites is 1. The molecule has 0 N–H and O–H groups in total. The Kier molecular flexibility index (Phi) is 8.90. The van der Waals surface area contributed by atoms with Crippen molar-refractivity contribution in [2.45, 2.75) is 72.3 Å². The van der Waals surface area contributed by atoms with Gasteiger partial charge in [0.1, 0.15) is 17.8 Å². The monoisotopic (exact) mass is 462 g/mol. The highest BCUT2D eigenvalue weighted by atomic mass is 29.9. The molecule has 0 unspecified atom stereocenters. The maximum absolute atomic E-state index is 14.5. The highest BCUT2D eigenvalue weighted by Crippen LogP contribution is 2.40. The Morgan fingerprint density at radius 1 is 0.862 bits per heavy atom. The van der Waals surface area contributed by atoms with Crippen LogP contribution in [0.15, 0.2) is 48.6 Å². The third-order valence-electron chi connectivity index (χ3n) is 5.83. The van der Waals surface area contributed by atoms with Gasteiger partial charge in [0.05, 0.1) is 12.2 Å². The Labute approximate surface area is 182 Å². The molecule has 0 aliphatic heterocycles. The van der Waals surface area contributed by atoms with Gasteiger partial charge in [0.15, 0.2) is 0 Å². The highest BCUT2D eigenvalue weighted by Gasteiger charge is 2.66. The Morgan fingerprint density at radius 3 is 1.86 bits per heavy atom. The van der Waals surface area contributed by atoms with Gasteiger partial charge in [0.2, 0.25) is 0 Å². The fourth-order valence-corrected chi connectivity index (χ4v) is 104. The van der Waals surface area contributed by atoms with Crippen LogP contribution >= 0.6 is 0 Å². The first kappa shape index (κ1) is 26.1. The van der Waals surface area contributed by atoms with Gasteiger partial charge in [-0.3, -0.25) is 0 Å². The van der Waals surface area contributed by atoms with E-state index < -0.39 is 29.4 Å². The van der Waals surface area contributed by atoms with Gasteiger partial charge >= 0.3 is 0 Å². The lowest BCUT2D eigenvalue weighted by molar-refractivity contribution is 0.107. The van der Waals surface area contributed by atoms with Gasteiger partial charge in [0, 0.05) is 22.8 Å². The molecule has 0 atom stereocenters. The van der Waals surface area contributed by atoms with Crippen molar-refractivity contribution in [3.8, 4) is 5.75 Å². The minimum Gasteiger partial charge on any atom is -0.493 e. The second kappa shape index (κ2) is 9.90. The molecule has 0 bridgehead atoms. The lowest BCUT2D eigenvalue weighted by Gasteiger charge is -2.55. The van der Waals surface area contributed by atoms with E-state index in [0.717, 1.165) is 17.7 Å². The number of carbonyl (C=O) groups is 1. The molecule has 0 saturated heterocycles. The molecule has 0 fully saturated rings. The molecule has 0 aliphatic carbocycles. The summed E-state index contributed by atoms with van der Waals surface area (Å²) in [4.78, 5) is 14.5. The summed E-state index contributed by atoms with van der Waals surface area (Å²) in [5.74, 6) is 0.781. The summed E-state index contributed by atoms with van der Waals surface area (Å²) in [5, 5.41) is 0.495. The van der Waals surface area contributed by atoms with Crippen LogP contribution in [0.1, 0.15) is 23.7 Å². The Balaban J connectivity index is 3.43. The Bertz CT molecular complexity index is 711. The zero-order valence-electron chi connectivity index (χ0n) is 20.3. The van der Waals surface area contributed by atoms with E-state index >= 15 is 0 Å². The van der Waals surface area contributed by atoms with Crippen LogP contribution in [0, 0.1) is 0 Å². The first-order chi connectivity index (χ1) is 13.2. The van der Waals surface area contributed by atoms with E-state index in [1.165, 1.54) is 0 Å². The van der Waals surface area contributed by atoms with Crippen molar-refractivity contribution in [2.75, 3.05) is 6.61 Å². The van der Waals surface area contributed by atoms with Gasteiger partial charge in [-0.2, -0.15) is 0 Å². The van der Waals surface area contributed by atoms with E-state index in [0.29, 0.717) is 12.0 Å². The summed E-state index contributed by atoms with van der Waals surface area (Å²) < 4.78 is 6.14. The van der Waals surface area contributed by atoms with Crippen LogP contribution in [0.4, 0.5) is 0 Å². The molecule has 1 rings (SSSR count). The largest absolute Gasteiger partial charge is 0.493 e. The SMILES string of the molecule is C/C=C/C=C/CCOc1ccccc1C(=O)[Si]([Si](C)(C)C)([Si](C)(C)C)[Si](C)(C)C. The average Bonchev–Trinajstić information content (AvgIpc) is 2.54. The zero-order chi connectivity index (χ0) is 22.5. The maximum Gasteiger partial charge on any atom is 0.136 e. The quantitative estimate of drug-likeness (QED) is 0.212. The third-order valence-corrected chi connectivity index (χ3v) is 76.3. The molecule has 29 heavy (non-hydrogen) atoms. The van der Waals surface area contributed by atoms with Crippen molar-refractivity contribution < 1.29 is 9.53 Å². The summed E-state index contributed by atoms with van der Waals surface area (Å²) in [5.41, 5.74) is 0.851. The fourth-order valence-electron chi connectivity index (χ4n) is 5.90. The molecule has 0 heterocycles. The molecular formula is C23H42O2Si4. The molecule has 0 saturated carbocycles. The number of rotatable bonds is 10. The van der Waals surface area contributed by atoms with Gasteiger partial charge in [-0.05, 0) is 25.5 Å². The van der Waals surface area contributed by atoms with Crippen molar-refractivity contribution in [1.82, 2.24) is 0 Å². The predicted octanol–water partition coefficient (Wildman–Crippen LogP) is 7.01. The Hall–Kier alpha value is -0.962.